The molecular weight excluding hydrogens is 250 g/mol. The Bertz CT molecular complexity index is 343. The normalized spacial score (nSPS) is 34.7. The summed E-state index contributed by atoms with van der Waals surface area (Å²) in [6.07, 6.45) is 2.12. The van der Waals surface area contributed by atoms with Gasteiger partial charge in [0, 0.05) is 12.1 Å². The van der Waals surface area contributed by atoms with Crippen LogP contribution in [0.25, 0.3) is 0 Å². The fourth-order valence-corrected chi connectivity index (χ4v) is 3.34. The van der Waals surface area contributed by atoms with Crippen molar-refractivity contribution < 1.29 is 24.2 Å². The van der Waals surface area contributed by atoms with Crippen molar-refractivity contribution in [1.82, 2.24) is 4.90 Å². The Kier molecular flexibility index (Phi) is 4.42. The highest BCUT2D eigenvalue weighted by Crippen LogP contribution is 2.37. The number of esters is 2. The monoisotopic (exact) mass is 271 g/mol. The Hall–Kier alpha value is -1.14. The number of carbonyl (C=O) groups is 2. The van der Waals surface area contributed by atoms with Gasteiger partial charge in [0.2, 0.25) is 0 Å². The Balaban J connectivity index is 2.08. The lowest BCUT2D eigenvalue weighted by atomic mass is 9.77. The molecule has 0 amide bonds. The van der Waals surface area contributed by atoms with Gasteiger partial charge in [-0.3, -0.25) is 14.5 Å². The van der Waals surface area contributed by atoms with Crippen LogP contribution >= 0.6 is 0 Å². The number of aliphatic hydroxyl groups excluding tert-OH is 1. The van der Waals surface area contributed by atoms with Crippen LogP contribution in [0.15, 0.2) is 0 Å². The van der Waals surface area contributed by atoms with E-state index in [4.69, 9.17) is 9.47 Å². The van der Waals surface area contributed by atoms with Crippen molar-refractivity contribution in [2.24, 2.45) is 5.92 Å². The molecule has 2 aliphatic heterocycles. The van der Waals surface area contributed by atoms with Gasteiger partial charge in [0.1, 0.15) is 0 Å². The third-order valence-corrected chi connectivity index (χ3v) is 4.21. The Labute approximate surface area is 112 Å². The topological polar surface area (TPSA) is 76.1 Å². The third-order valence-electron chi connectivity index (χ3n) is 4.21. The average molecular weight is 271 g/mol. The van der Waals surface area contributed by atoms with Gasteiger partial charge in [0.25, 0.3) is 0 Å². The molecule has 0 unspecified atom stereocenters. The van der Waals surface area contributed by atoms with E-state index in [0.29, 0.717) is 25.7 Å². The van der Waals surface area contributed by atoms with Gasteiger partial charge in [0.15, 0.2) is 0 Å². The predicted octanol–water partition coefficient (Wildman–Crippen LogP) is -0.0637. The summed E-state index contributed by atoms with van der Waals surface area (Å²) in [7, 11) is 2.77. The minimum Gasteiger partial charge on any atom is -0.469 e. The van der Waals surface area contributed by atoms with E-state index in [-0.39, 0.29) is 42.6 Å². The highest BCUT2D eigenvalue weighted by atomic mass is 16.5. The number of methoxy groups -OCH3 is 2. The molecule has 6 nitrogen and oxygen atoms in total. The molecule has 2 saturated heterocycles. The van der Waals surface area contributed by atoms with Gasteiger partial charge in [-0.2, -0.15) is 0 Å². The van der Waals surface area contributed by atoms with Crippen LogP contribution in [-0.2, 0) is 19.1 Å². The molecule has 2 atom stereocenters. The van der Waals surface area contributed by atoms with Crippen LogP contribution in [0.2, 0.25) is 0 Å². The lowest BCUT2D eigenvalue weighted by Gasteiger charge is -2.49. The average Bonchev–Trinajstić information content (AvgIpc) is 2.38. The van der Waals surface area contributed by atoms with Crippen LogP contribution in [0.1, 0.15) is 25.7 Å². The standard InChI is InChI=1S/C13H21NO5/c1-18-12(16)7-14-9-3-8(13(17)19-2)4-10(14)6-11(15)5-9/h8-11,15H,3-7H2,1-2H3/t8?,9-,10-,11?/m0/s1. The smallest absolute Gasteiger partial charge is 0.319 e. The summed E-state index contributed by atoms with van der Waals surface area (Å²) in [6, 6.07) is 0.0939. The van der Waals surface area contributed by atoms with E-state index in [1.807, 2.05) is 0 Å². The molecule has 2 aliphatic rings. The summed E-state index contributed by atoms with van der Waals surface area (Å²) >= 11 is 0. The molecule has 2 heterocycles. The number of aliphatic hydroxyl groups is 1. The Morgan fingerprint density at radius 2 is 1.68 bits per heavy atom. The van der Waals surface area contributed by atoms with Crippen molar-refractivity contribution in [3.8, 4) is 0 Å². The number of hydrogen-bond acceptors (Lipinski definition) is 6. The lowest BCUT2D eigenvalue weighted by Crippen LogP contribution is -2.57. The van der Waals surface area contributed by atoms with Gasteiger partial charge in [-0.1, -0.05) is 0 Å². The van der Waals surface area contributed by atoms with Crippen LogP contribution < -0.4 is 0 Å². The molecule has 2 rings (SSSR count). The largest absolute Gasteiger partial charge is 0.469 e. The van der Waals surface area contributed by atoms with E-state index in [9.17, 15) is 14.7 Å². The van der Waals surface area contributed by atoms with Crippen LogP contribution in [0.3, 0.4) is 0 Å². The predicted molar refractivity (Wildman–Crippen MR) is 66.3 cm³/mol. The molecule has 0 spiro atoms. The molecule has 0 aromatic heterocycles. The van der Waals surface area contributed by atoms with E-state index >= 15 is 0 Å². The second kappa shape index (κ2) is 5.88. The number of rotatable bonds is 3. The van der Waals surface area contributed by atoms with Gasteiger partial charge < -0.3 is 14.6 Å². The van der Waals surface area contributed by atoms with E-state index in [1.54, 1.807) is 0 Å². The molecule has 19 heavy (non-hydrogen) atoms. The molecular formula is C13H21NO5. The van der Waals surface area contributed by atoms with E-state index in [2.05, 4.69) is 4.90 Å². The van der Waals surface area contributed by atoms with Crippen LogP contribution in [-0.4, -0.2) is 60.9 Å². The number of piperidine rings is 2. The van der Waals surface area contributed by atoms with Crippen LogP contribution in [0.4, 0.5) is 0 Å². The summed E-state index contributed by atoms with van der Waals surface area (Å²) in [4.78, 5) is 25.2. The van der Waals surface area contributed by atoms with E-state index in [0.717, 1.165) is 0 Å². The van der Waals surface area contributed by atoms with Gasteiger partial charge in [0.05, 0.1) is 32.8 Å². The first-order valence-electron chi connectivity index (χ1n) is 6.63. The number of hydrogen-bond donors (Lipinski definition) is 1. The number of nitrogens with zero attached hydrogens (tertiary/aromatic N) is 1. The highest BCUT2D eigenvalue weighted by molar-refractivity contribution is 5.73. The second-order valence-corrected chi connectivity index (χ2v) is 5.37. The Morgan fingerprint density at radius 3 is 2.16 bits per heavy atom. The molecule has 0 aliphatic carbocycles. The van der Waals surface area contributed by atoms with Gasteiger partial charge >= 0.3 is 11.9 Å². The van der Waals surface area contributed by atoms with Crippen LogP contribution in [0.5, 0.6) is 0 Å². The zero-order chi connectivity index (χ0) is 14.0. The summed E-state index contributed by atoms with van der Waals surface area (Å²) in [5, 5.41) is 9.85. The molecule has 6 heteroatoms. The van der Waals surface area contributed by atoms with Crippen molar-refractivity contribution in [2.45, 2.75) is 43.9 Å². The SMILES string of the molecule is COC(=O)CN1[C@@H]2CC(O)C[C@@H]1CC(C(=O)OC)C2. The lowest BCUT2D eigenvalue weighted by molar-refractivity contribution is -0.154. The molecule has 0 saturated carbocycles. The Morgan fingerprint density at radius 1 is 1.11 bits per heavy atom. The zero-order valence-electron chi connectivity index (χ0n) is 11.4. The van der Waals surface area contributed by atoms with Gasteiger partial charge in [-0.15, -0.1) is 0 Å². The fourth-order valence-electron chi connectivity index (χ4n) is 3.34. The molecule has 108 valence electrons. The van der Waals surface area contributed by atoms with Crippen molar-refractivity contribution in [2.75, 3.05) is 20.8 Å². The minimum atomic E-state index is -0.345. The summed E-state index contributed by atoms with van der Waals surface area (Å²) in [5.74, 6) is -0.589. The number of fused-ring (bicyclic) bond motifs is 2. The molecule has 0 aromatic rings. The van der Waals surface area contributed by atoms with E-state index in [1.165, 1.54) is 14.2 Å². The highest BCUT2D eigenvalue weighted by Gasteiger charge is 2.44. The summed E-state index contributed by atoms with van der Waals surface area (Å²) < 4.78 is 9.51. The summed E-state index contributed by atoms with van der Waals surface area (Å²) in [5.41, 5.74) is 0. The first-order chi connectivity index (χ1) is 9.05. The summed E-state index contributed by atoms with van der Waals surface area (Å²) in [6.45, 7) is 0.229. The quantitative estimate of drug-likeness (QED) is 0.725. The second-order valence-electron chi connectivity index (χ2n) is 5.37. The van der Waals surface area contributed by atoms with Crippen molar-refractivity contribution in [3.05, 3.63) is 0 Å². The van der Waals surface area contributed by atoms with Crippen molar-refractivity contribution in [1.29, 1.82) is 0 Å². The fraction of sp³-hybridized carbons (Fsp3) is 0.846. The first-order valence-corrected chi connectivity index (χ1v) is 6.63. The van der Waals surface area contributed by atoms with E-state index < -0.39 is 0 Å². The number of carbonyl (C=O) groups excluding carboxylic acids is 2. The van der Waals surface area contributed by atoms with Gasteiger partial charge in [-0.25, -0.2) is 0 Å². The molecule has 0 aromatic carbocycles. The van der Waals surface area contributed by atoms with Crippen molar-refractivity contribution >= 4 is 11.9 Å². The van der Waals surface area contributed by atoms with Gasteiger partial charge in [-0.05, 0) is 25.7 Å². The van der Waals surface area contributed by atoms with Crippen molar-refractivity contribution in [3.63, 3.8) is 0 Å². The molecule has 2 fully saturated rings. The maximum atomic E-state index is 11.7. The maximum absolute atomic E-state index is 11.7. The van der Waals surface area contributed by atoms with Crippen LogP contribution in [0, 0.1) is 5.92 Å². The minimum absolute atomic E-state index is 0.0469. The maximum Gasteiger partial charge on any atom is 0.319 e. The zero-order valence-corrected chi connectivity index (χ0v) is 11.4. The molecule has 2 bridgehead atoms. The molecule has 0 radical (unpaired) electrons. The first kappa shape index (κ1) is 14.3. The number of ether oxygens (including phenoxy) is 2. The molecule has 1 N–H and O–H groups in total. The third kappa shape index (κ3) is 3.06.